The average molecular weight is 349 g/mol. The summed E-state index contributed by atoms with van der Waals surface area (Å²) in [7, 11) is 0. The average Bonchev–Trinajstić information content (AvgIpc) is 3.19. The summed E-state index contributed by atoms with van der Waals surface area (Å²) in [4.78, 5) is 37.6. The smallest absolute Gasteiger partial charge is 0.332 e. The Morgan fingerprint density at radius 1 is 1.29 bits per heavy atom. The van der Waals surface area contributed by atoms with E-state index in [1.165, 1.54) is 20.5 Å². The van der Waals surface area contributed by atoms with E-state index in [1.807, 2.05) is 13.8 Å². The Labute approximate surface area is 144 Å². The van der Waals surface area contributed by atoms with E-state index in [2.05, 4.69) is 5.32 Å². The van der Waals surface area contributed by atoms with Gasteiger partial charge in [0, 0.05) is 12.6 Å². The van der Waals surface area contributed by atoms with Crippen molar-refractivity contribution < 1.29 is 4.79 Å². The molecule has 3 rings (SSSR count). The number of fused-ring (bicyclic) bond motifs is 1. The Morgan fingerprint density at radius 2 is 2.00 bits per heavy atom. The standard InChI is InChI=1S/C17H23N3O3S/c1-11(2)9-20-16(22)15-13(7-8-24-15)19(17(20)23)10-14(21)18-12-5-3-4-6-12/h7-8,11-12H,3-6,9-10H2,1-2H3,(H,18,21). The Bertz CT molecular complexity index is 856. The number of rotatable bonds is 5. The third-order valence-electron chi connectivity index (χ3n) is 4.41. The van der Waals surface area contributed by atoms with E-state index >= 15 is 0 Å². The number of carbonyl (C=O) groups excluding carboxylic acids is 1. The van der Waals surface area contributed by atoms with Crippen molar-refractivity contribution in [3.8, 4) is 0 Å². The highest BCUT2D eigenvalue weighted by Crippen LogP contribution is 2.18. The second kappa shape index (κ2) is 6.93. The molecular formula is C17H23N3O3S. The molecule has 7 heteroatoms. The van der Waals surface area contributed by atoms with Crippen molar-refractivity contribution in [1.82, 2.24) is 14.5 Å². The van der Waals surface area contributed by atoms with Gasteiger partial charge in [0.25, 0.3) is 5.56 Å². The van der Waals surface area contributed by atoms with Crippen LogP contribution in [0.25, 0.3) is 10.2 Å². The number of hydrogen-bond acceptors (Lipinski definition) is 4. The quantitative estimate of drug-likeness (QED) is 0.896. The molecule has 1 aliphatic rings. The van der Waals surface area contributed by atoms with Gasteiger partial charge in [-0.05, 0) is 30.2 Å². The minimum Gasteiger partial charge on any atom is -0.352 e. The van der Waals surface area contributed by atoms with Crippen LogP contribution in [0.15, 0.2) is 21.0 Å². The first-order valence-electron chi connectivity index (χ1n) is 8.47. The maximum atomic E-state index is 12.8. The predicted octanol–water partition coefficient (Wildman–Crippen LogP) is 1.94. The minimum atomic E-state index is -0.402. The summed E-state index contributed by atoms with van der Waals surface area (Å²) >= 11 is 1.31. The molecule has 1 saturated carbocycles. The molecule has 1 fully saturated rings. The molecule has 2 aromatic heterocycles. The third kappa shape index (κ3) is 3.31. The SMILES string of the molecule is CC(C)Cn1c(=O)c2sccc2n(CC(=O)NC2CCCC2)c1=O. The van der Waals surface area contributed by atoms with Crippen LogP contribution in [0.4, 0.5) is 0 Å². The number of carbonyl (C=O) groups is 1. The van der Waals surface area contributed by atoms with E-state index in [9.17, 15) is 14.4 Å². The van der Waals surface area contributed by atoms with Crippen molar-refractivity contribution in [2.24, 2.45) is 5.92 Å². The summed E-state index contributed by atoms with van der Waals surface area (Å²) < 4.78 is 3.22. The summed E-state index contributed by atoms with van der Waals surface area (Å²) in [6, 6.07) is 1.96. The second-order valence-corrected chi connectivity index (χ2v) is 7.78. The van der Waals surface area contributed by atoms with E-state index in [-0.39, 0.29) is 30.0 Å². The van der Waals surface area contributed by atoms with Crippen LogP contribution in [0.2, 0.25) is 0 Å². The summed E-state index contributed by atoms with van der Waals surface area (Å²) in [5.41, 5.74) is -0.107. The lowest BCUT2D eigenvalue weighted by molar-refractivity contribution is -0.122. The van der Waals surface area contributed by atoms with Crippen molar-refractivity contribution in [1.29, 1.82) is 0 Å². The normalized spacial score (nSPS) is 15.5. The zero-order valence-electron chi connectivity index (χ0n) is 14.1. The highest BCUT2D eigenvalue weighted by atomic mass is 32.1. The van der Waals surface area contributed by atoms with Crippen molar-refractivity contribution in [2.75, 3.05) is 0 Å². The van der Waals surface area contributed by atoms with Crippen molar-refractivity contribution >= 4 is 27.5 Å². The van der Waals surface area contributed by atoms with Gasteiger partial charge < -0.3 is 5.32 Å². The van der Waals surface area contributed by atoms with Crippen LogP contribution in [-0.4, -0.2) is 21.1 Å². The van der Waals surface area contributed by atoms with Gasteiger partial charge in [-0.2, -0.15) is 0 Å². The molecule has 130 valence electrons. The van der Waals surface area contributed by atoms with E-state index < -0.39 is 5.69 Å². The van der Waals surface area contributed by atoms with Crippen molar-refractivity contribution in [2.45, 2.75) is 58.7 Å². The fraction of sp³-hybridized carbons (Fsp3) is 0.588. The van der Waals surface area contributed by atoms with E-state index in [1.54, 1.807) is 11.4 Å². The number of aromatic nitrogens is 2. The van der Waals surface area contributed by atoms with Crippen LogP contribution in [0.3, 0.4) is 0 Å². The van der Waals surface area contributed by atoms with Crippen LogP contribution in [0.5, 0.6) is 0 Å². The second-order valence-electron chi connectivity index (χ2n) is 6.86. The molecular weight excluding hydrogens is 326 g/mol. The lowest BCUT2D eigenvalue weighted by atomic mass is 10.2. The molecule has 0 saturated heterocycles. The molecule has 0 aromatic carbocycles. The molecule has 2 aromatic rings. The largest absolute Gasteiger partial charge is 0.352 e. The topological polar surface area (TPSA) is 73.1 Å². The number of nitrogens with zero attached hydrogens (tertiary/aromatic N) is 2. The predicted molar refractivity (Wildman–Crippen MR) is 95.6 cm³/mol. The van der Waals surface area contributed by atoms with Gasteiger partial charge in [0.05, 0.1) is 5.52 Å². The summed E-state index contributed by atoms with van der Waals surface area (Å²) in [6.45, 7) is 4.24. The zero-order valence-corrected chi connectivity index (χ0v) is 14.9. The molecule has 1 aliphatic carbocycles. The molecule has 2 heterocycles. The lowest BCUT2D eigenvalue weighted by Crippen LogP contribution is -2.44. The molecule has 0 unspecified atom stereocenters. The Morgan fingerprint density at radius 3 is 2.67 bits per heavy atom. The number of thiophene rings is 1. The van der Waals surface area contributed by atoms with Gasteiger partial charge in [-0.1, -0.05) is 26.7 Å². The summed E-state index contributed by atoms with van der Waals surface area (Å²) in [5.74, 6) is 0.0137. The Hall–Kier alpha value is -1.89. The van der Waals surface area contributed by atoms with Crippen LogP contribution in [0, 0.1) is 5.92 Å². The highest BCUT2D eigenvalue weighted by Gasteiger charge is 2.20. The van der Waals surface area contributed by atoms with Crippen molar-refractivity contribution in [3.05, 3.63) is 32.3 Å². The molecule has 24 heavy (non-hydrogen) atoms. The van der Waals surface area contributed by atoms with E-state index in [4.69, 9.17) is 0 Å². The zero-order chi connectivity index (χ0) is 17.3. The van der Waals surface area contributed by atoms with Crippen molar-refractivity contribution in [3.63, 3.8) is 0 Å². The molecule has 0 radical (unpaired) electrons. The van der Waals surface area contributed by atoms with Gasteiger partial charge in [-0.15, -0.1) is 11.3 Å². The molecule has 0 spiro atoms. The minimum absolute atomic E-state index is 0.0407. The first-order chi connectivity index (χ1) is 11.5. The lowest BCUT2D eigenvalue weighted by Gasteiger charge is -2.15. The van der Waals surface area contributed by atoms with Gasteiger partial charge in [-0.25, -0.2) is 4.79 Å². The molecule has 0 bridgehead atoms. The van der Waals surface area contributed by atoms with Crippen LogP contribution in [0.1, 0.15) is 39.5 Å². The van der Waals surface area contributed by atoms with Crippen LogP contribution < -0.4 is 16.6 Å². The van der Waals surface area contributed by atoms with Gasteiger partial charge in [-0.3, -0.25) is 18.7 Å². The monoisotopic (exact) mass is 349 g/mol. The van der Waals surface area contributed by atoms with Gasteiger partial charge in [0.15, 0.2) is 0 Å². The molecule has 0 aliphatic heterocycles. The number of amides is 1. The molecule has 0 atom stereocenters. The fourth-order valence-corrected chi connectivity index (χ4v) is 4.14. The van der Waals surface area contributed by atoms with E-state index in [0.29, 0.717) is 16.8 Å². The third-order valence-corrected chi connectivity index (χ3v) is 5.30. The molecule has 6 nitrogen and oxygen atoms in total. The van der Waals surface area contributed by atoms with Crippen LogP contribution >= 0.6 is 11.3 Å². The highest BCUT2D eigenvalue weighted by molar-refractivity contribution is 7.17. The molecule has 1 N–H and O–H groups in total. The first-order valence-corrected chi connectivity index (χ1v) is 9.35. The summed E-state index contributed by atoms with van der Waals surface area (Å²) in [6.07, 6.45) is 4.28. The van der Waals surface area contributed by atoms with E-state index in [0.717, 1.165) is 25.7 Å². The number of nitrogens with one attached hydrogen (secondary N) is 1. The van der Waals surface area contributed by atoms with Gasteiger partial charge >= 0.3 is 5.69 Å². The molecule has 1 amide bonds. The Kier molecular flexibility index (Phi) is 4.89. The van der Waals surface area contributed by atoms with Crippen LogP contribution in [-0.2, 0) is 17.9 Å². The summed E-state index contributed by atoms with van der Waals surface area (Å²) in [5, 5.41) is 4.79. The Balaban J connectivity index is 1.96. The number of hydrogen-bond donors (Lipinski definition) is 1. The maximum Gasteiger partial charge on any atom is 0.332 e. The maximum absolute atomic E-state index is 12.8. The fourth-order valence-electron chi connectivity index (χ4n) is 3.30. The first kappa shape index (κ1) is 17.0. The van der Waals surface area contributed by atoms with Gasteiger partial charge in [0.1, 0.15) is 11.2 Å². The van der Waals surface area contributed by atoms with Gasteiger partial charge in [0.2, 0.25) is 5.91 Å².